The van der Waals surface area contributed by atoms with Crippen LogP contribution in [0.5, 0.6) is 0 Å². The van der Waals surface area contributed by atoms with Gasteiger partial charge in [-0.3, -0.25) is 0 Å². The molecule has 2 aliphatic rings. The first-order chi connectivity index (χ1) is 18.0. The largest absolute Gasteiger partial charge is 0.390 e. The molecule has 38 heavy (non-hydrogen) atoms. The van der Waals surface area contributed by atoms with Gasteiger partial charge in [-0.2, -0.15) is 18.9 Å². The Kier molecular flexibility index (Phi) is 6.86. The Labute approximate surface area is 215 Å². The molecule has 4 heterocycles. The van der Waals surface area contributed by atoms with Gasteiger partial charge in [0.1, 0.15) is 17.7 Å². The summed E-state index contributed by atoms with van der Waals surface area (Å²) in [5, 5.41) is 30.3. The summed E-state index contributed by atoms with van der Waals surface area (Å²) in [6.45, 7) is -1.96. The maximum absolute atomic E-state index is 13.8. The van der Waals surface area contributed by atoms with Gasteiger partial charge in [-0.1, -0.05) is 0 Å². The third-order valence-corrected chi connectivity index (χ3v) is 6.87. The van der Waals surface area contributed by atoms with E-state index in [1.165, 1.54) is 29.6 Å². The summed E-state index contributed by atoms with van der Waals surface area (Å²) in [5.74, 6) is -2.56. The molecule has 1 aliphatic heterocycles. The third kappa shape index (κ3) is 5.65. The Bertz CT molecular complexity index is 1280. The van der Waals surface area contributed by atoms with Crippen molar-refractivity contribution < 1.29 is 27.8 Å². The lowest BCUT2D eigenvalue weighted by atomic mass is 9.83. The van der Waals surface area contributed by atoms with Crippen LogP contribution >= 0.6 is 0 Å². The van der Waals surface area contributed by atoms with Gasteiger partial charge >= 0.3 is 6.55 Å². The van der Waals surface area contributed by atoms with Crippen molar-refractivity contribution in [2.45, 2.75) is 62.8 Å². The average molecular weight is 537 g/mol. The molecule has 3 aromatic rings. The molecule has 0 amide bonds. The average Bonchev–Trinajstić information content (AvgIpc) is 3.45. The van der Waals surface area contributed by atoms with E-state index in [1.54, 1.807) is 19.1 Å². The fraction of sp³-hybridized carbons (Fsp3) is 0.500. The highest BCUT2D eigenvalue weighted by Gasteiger charge is 2.48. The zero-order valence-corrected chi connectivity index (χ0v) is 20.5. The quantitative estimate of drug-likeness (QED) is 0.334. The van der Waals surface area contributed by atoms with Gasteiger partial charge in [0.15, 0.2) is 0 Å². The van der Waals surface area contributed by atoms with E-state index in [4.69, 9.17) is 0 Å². The van der Waals surface area contributed by atoms with Crippen LogP contribution in [0.25, 0.3) is 11.3 Å². The molecule has 0 radical (unpaired) electrons. The van der Waals surface area contributed by atoms with E-state index in [-0.39, 0.29) is 18.5 Å². The zero-order chi connectivity index (χ0) is 27.1. The molecule has 14 heteroatoms. The second-order valence-corrected chi connectivity index (χ2v) is 10.0. The maximum Gasteiger partial charge on any atom is 0.333 e. The second-order valence-electron chi connectivity index (χ2n) is 10.0. The molecule has 10 nitrogen and oxygen atoms in total. The van der Waals surface area contributed by atoms with Gasteiger partial charge in [0.05, 0.1) is 24.4 Å². The molecule has 1 unspecified atom stereocenters. The number of aromatic nitrogens is 5. The van der Waals surface area contributed by atoms with E-state index in [1.807, 2.05) is 0 Å². The van der Waals surface area contributed by atoms with E-state index >= 15 is 0 Å². The summed E-state index contributed by atoms with van der Waals surface area (Å²) in [4.78, 5) is 13.9. The van der Waals surface area contributed by atoms with Gasteiger partial charge in [-0.15, -0.1) is 0 Å². The number of anilines is 4. The summed E-state index contributed by atoms with van der Waals surface area (Å²) >= 11 is 0. The number of hydrogen-bond donors (Lipinski definition) is 4. The molecule has 3 aromatic heterocycles. The highest BCUT2D eigenvalue weighted by atomic mass is 19.3. The minimum atomic E-state index is -3.26. The molecule has 1 saturated heterocycles. The number of aliphatic hydroxyl groups is 2. The number of alkyl halides is 4. The zero-order valence-electron chi connectivity index (χ0n) is 20.5. The summed E-state index contributed by atoms with van der Waals surface area (Å²) in [7, 11) is 0. The van der Waals surface area contributed by atoms with E-state index < -0.39 is 30.7 Å². The van der Waals surface area contributed by atoms with Gasteiger partial charge in [0.2, 0.25) is 5.95 Å². The number of hydrogen-bond acceptors (Lipinski definition) is 9. The fourth-order valence-electron chi connectivity index (χ4n) is 4.66. The Morgan fingerprint density at radius 3 is 2.55 bits per heavy atom. The Balaban J connectivity index is 1.40. The van der Waals surface area contributed by atoms with Crippen molar-refractivity contribution in [3.8, 4) is 11.3 Å². The van der Waals surface area contributed by atoms with Crippen LogP contribution in [0.2, 0.25) is 0 Å². The fourth-order valence-corrected chi connectivity index (χ4v) is 4.66. The van der Waals surface area contributed by atoms with Crippen LogP contribution in [0.3, 0.4) is 0 Å². The molecule has 204 valence electrons. The second kappa shape index (κ2) is 9.98. The van der Waals surface area contributed by atoms with Crippen molar-refractivity contribution in [1.29, 1.82) is 0 Å². The highest BCUT2D eigenvalue weighted by molar-refractivity contribution is 5.77. The van der Waals surface area contributed by atoms with Crippen molar-refractivity contribution >= 4 is 23.3 Å². The number of rotatable bonds is 7. The minimum absolute atomic E-state index is 0.0352. The van der Waals surface area contributed by atoms with Crippen LogP contribution in [0.1, 0.15) is 39.2 Å². The van der Waals surface area contributed by atoms with E-state index in [0.29, 0.717) is 58.9 Å². The summed E-state index contributed by atoms with van der Waals surface area (Å²) in [6.07, 6.45) is 4.95. The molecule has 5 rings (SSSR count). The lowest BCUT2D eigenvalue weighted by Gasteiger charge is -2.34. The first kappa shape index (κ1) is 26.1. The number of nitrogens with one attached hydrogen (secondary N) is 2. The molecule has 4 N–H and O–H groups in total. The van der Waals surface area contributed by atoms with Crippen LogP contribution in [0.15, 0.2) is 36.8 Å². The molecule has 1 atom stereocenters. The van der Waals surface area contributed by atoms with Gasteiger partial charge in [-0.05, 0) is 44.7 Å². The number of nitrogens with zero attached hydrogens (tertiary/aromatic N) is 6. The van der Waals surface area contributed by atoms with Gasteiger partial charge < -0.3 is 25.7 Å². The first-order valence-electron chi connectivity index (χ1n) is 12.2. The van der Waals surface area contributed by atoms with E-state index in [9.17, 15) is 27.8 Å². The third-order valence-electron chi connectivity index (χ3n) is 6.87. The normalized spacial score (nSPS) is 25.1. The topological polar surface area (TPSA) is 124 Å². The van der Waals surface area contributed by atoms with Crippen LogP contribution in [-0.2, 0) is 0 Å². The van der Waals surface area contributed by atoms with Gasteiger partial charge in [0, 0.05) is 41.9 Å². The van der Waals surface area contributed by atoms with E-state index in [2.05, 4.69) is 30.7 Å². The summed E-state index contributed by atoms with van der Waals surface area (Å²) in [5.41, 5.74) is 0.712. The summed E-state index contributed by atoms with van der Waals surface area (Å²) < 4.78 is 54.4. The van der Waals surface area contributed by atoms with Crippen LogP contribution in [0, 0.1) is 0 Å². The van der Waals surface area contributed by atoms with Crippen LogP contribution in [0.4, 0.5) is 40.8 Å². The monoisotopic (exact) mass is 536 g/mol. The molecule has 0 aromatic carbocycles. The van der Waals surface area contributed by atoms with Crippen LogP contribution in [-0.4, -0.2) is 71.7 Å². The number of pyridine rings is 1. The van der Waals surface area contributed by atoms with Crippen molar-refractivity contribution in [3.05, 3.63) is 36.8 Å². The standard InChI is InChI=1S/C24H28F4N8O2/c1-23(38)6-2-14(3-7-23)31-17-10-20(30-11-15(17)16-5-9-36(34-16)21(25)26)32-19-4-8-29-22(33-19)35-12-18(37)24(27,28)13-35/h4-5,8-11,14,18,21,37-38H,2-3,6-7,12-13H2,1H3,(H2,29,30,31,32,33). The lowest BCUT2D eigenvalue weighted by molar-refractivity contribution is -0.0712. The number of aliphatic hydroxyl groups excluding tert-OH is 1. The molecular weight excluding hydrogens is 508 g/mol. The Morgan fingerprint density at radius 2 is 1.89 bits per heavy atom. The first-order valence-corrected chi connectivity index (χ1v) is 12.2. The predicted molar refractivity (Wildman–Crippen MR) is 132 cm³/mol. The van der Waals surface area contributed by atoms with Crippen molar-refractivity contribution in [3.63, 3.8) is 0 Å². The molecular formula is C24H28F4N8O2. The predicted octanol–water partition coefficient (Wildman–Crippen LogP) is 3.80. The molecule has 0 bridgehead atoms. The van der Waals surface area contributed by atoms with E-state index in [0.717, 1.165) is 0 Å². The molecule has 2 fully saturated rings. The Hall–Kier alpha value is -3.52. The SMILES string of the molecule is CC1(O)CCC(Nc2cc(Nc3ccnc(N4CC(O)C(F)(F)C4)n3)ncc2-c2ccn(C(F)F)n2)CC1. The Morgan fingerprint density at radius 1 is 1.13 bits per heavy atom. The smallest absolute Gasteiger partial charge is 0.333 e. The molecule has 1 saturated carbocycles. The molecule has 0 spiro atoms. The van der Waals surface area contributed by atoms with Crippen molar-refractivity contribution in [1.82, 2.24) is 24.7 Å². The number of halogens is 4. The van der Waals surface area contributed by atoms with Gasteiger partial charge in [-0.25, -0.2) is 23.4 Å². The lowest BCUT2D eigenvalue weighted by Crippen LogP contribution is -2.35. The van der Waals surface area contributed by atoms with Crippen molar-refractivity contribution in [2.75, 3.05) is 28.6 Å². The van der Waals surface area contributed by atoms with Crippen LogP contribution < -0.4 is 15.5 Å². The molecule has 1 aliphatic carbocycles. The summed E-state index contributed by atoms with van der Waals surface area (Å²) in [6, 6.07) is 4.75. The van der Waals surface area contributed by atoms with Gasteiger partial charge in [0.25, 0.3) is 5.92 Å². The number of β-amino-alcohol motifs (C(OH)–C–C–N with tert-alkyl or cyclic N) is 1. The maximum atomic E-state index is 13.8. The van der Waals surface area contributed by atoms with Crippen molar-refractivity contribution in [2.24, 2.45) is 0 Å². The minimum Gasteiger partial charge on any atom is -0.390 e. The highest BCUT2D eigenvalue weighted by Crippen LogP contribution is 2.35.